The SMILES string of the molecule is O=C(O)Cc1nnc(NC(=O)/C=C/c2ccc(F)cc2)s1. The molecule has 1 heterocycles. The molecule has 6 nitrogen and oxygen atoms in total. The zero-order chi connectivity index (χ0) is 15.2. The van der Waals surface area contributed by atoms with Crippen LogP contribution >= 0.6 is 11.3 Å². The predicted molar refractivity (Wildman–Crippen MR) is 75.3 cm³/mol. The monoisotopic (exact) mass is 307 g/mol. The molecule has 1 amide bonds. The van der Waals surface area contributed by atoms with Gasteiger partial charge in [0.05, 0.1) is 6.42 Å². The lowest BCUT2D eigenvalue weighted by atomic mass is 10.2. The minimum atomic E-state index is -1.01. The molecular weight excluding hydrogens is 297 g/mol. The lowest BCUT2D eigenvalue weighted by molar-refractivity contribution is -0.136. The van der Waals surface area contributed by atoms with Crippen molar-refractivity contribution in [3.05, 3.63) is 46.7 Å². The van der Waals surface area contributed by atoms with Gasteiger partial charge in [-0.2, -0.15) is 0 Å². The number of aliphatic carboxylic acids is 1. The highest BCUT2D eigenvalue weighted by atomic mass is 32.1. The van der Waals surface area contributed by atoms with Crippen molar-refractivity contribution in [2.24, 2.45) is 0 Å². The third-order valence-electron chi connectivity index (χ3n) is 2.30. The van der Waals surface area contributed by atoms with E-state index in [2.05, 4.69) is 15.5 Å². The lowest BCUT2D eigenvalue weighted by Crippen LogP contribution is -2.07. The molecule has 0 aliphatic rings. The van der Waals surface area contributed by atoms with E-state index in [0.29, 0.717) is 10.6 Å². The van der Waals surface area contributed by atoms with E-state index in [0.717, 1.165) is 11.3 Å². The van der Waals surface area contributed by atoms with E-state index in [1.165, 1.54) is 36.4 Å². The van der Waals surface area contributed by atoms with E-state index in [9.17, 15) is 14.0 Å². The zero-order valence-electron chi connectivity index (χ0n) is 10.6. The van der Waals surface area contributed by atoms with Crippen LogP contribution in [0.5, 0.6) is 0 Å². The van der Waals surface area contributed by atoms with Crippen molar-refractivity contribution in [3.8, 4) is 0 Å². The van der Waals surface area contributed by atoms with Gasteiger partial charge in [0.2, 0.25) is 11.0 Å². The number of hydrogen-bond acceptors (Lipinski definition) is 5. The number of carbonyl (C=O) groups excluding carboxylic acids is 1. The summed E-state index contributed by atoms with van der Waals surface area (Å²) < 4.78 is 12.7. The molecule has 2 N–H and O–H groups in total. The van der Waals surface area contributed by atoms with E-state index in [1.54, 1.807) is 0 Å². The van der Waals surface area contributed by atoms with Crippen molar-refractivity contribution in [3.63, 3.8) is 0 Å². The quantitative estimate of drug-likeness (QED) is 0.824. The maximum Gasteiger partial charge on any atom is 0.310 e. The Labute approximate surface area is 123 Å². The van der Waals surface area contributed by atoms with E-state index in [1.807, 2.05) is 0 Å². The first kappa shape index (κ1) is 14.8. The number of aromatic nitrogens is 2. The van der Waals surface area contributed by atoms with E-state index >= 15 is 0 Å². The summed E-state index contributed by atoms with van der Waals surface area (Å²) in [4.78, 5) is 22.1. The van der Waals surface area contributed by atoms with Crippen molar-refractivity contribution in [1.82, 2.24) is 10.2 Å². The van der Waals surface area contributed by atoms with Gasteiger partial charge in [0.15, 0.2) is 0 Å². The van der Waals surface area contributed by atoms with Crippen LogP contribution in [0, 0.1) is 5.82 Å². The van der Waals surface area contributed by atoms with Crippen LogP contribution in [0.1, 0.15) is 10.6 Å². The van der Waals surface area contributed by atoms with Gasteiger partial charge in [-0.1, -0.05) is 23.5 Å². The number of hydrogen-bond donors (Lipinski definition) is 2. The Morgan fingerprint density at radius 3 is 2.67 bits per heavy atom. The molecule has 0 aliphatic heterocycles. The van der Waals surface area contributed by atoms with Crippen LogP contribution in [-0.4, -0.2) is 27.2 Å². The van der Waals surface area contributed by atoms with Crippen molar-refractivity contribution >= 4 is 34.4 Å². The topological polar surface area (TPSA) is 92.2 Å². The number of anilines is 1. The normalized spacial score (nSPS) is 10.7. The average Bonchev–Trinajstić information content (AvgIpc) is 2.84. The van der Waals surface area contributed by atoms with E-state index in [4.69, 9.17) is 5.11 Å². The van der Waals surface area contributed by atoms with Crippen LogP contribution in [0.3, 0.4) is 0 Å². The maximum absolute atomic E-state index is 12.7. The van der Waals surface area contributed by atoms with Crippen LogP contribution in [-0.2, 0) is 16.0 Å². The molecule has 0 fully saturated rings. The standard InChI is InChI=1S/C13H10FN3O3S/c14-9-4-1-8(2-5-9)3-6-10(18)15-13-17-16-11(21-13)7-12(19)20/h1-6H,7H2,(H,19,20)(H,15,17,18)/b6-3+. The summed E-state index contributed by atoms with van der Waals surface area (Å²) >= 11 is 0.995. The van der Waals surface area contributed by atoms with Crippen molar-refractivity contribution in [1.29, 1.82) is 0 Å². The van der Waals surface area contributed by atoms with Crippen LogP contribution in [0.15, 0.2) is 30.3 Å². The van der Waals surface area contributed by atoms with Gasteiger partial charge in [0, 0.05) is 6.08 Å². The molecule has 8 heteroatoms. The average molecular weight is 307 g/mol. The summed E-state index contributed by atoms with van der Waals surface area (Å²) in [5.74, 6) is -1.80. The molecule has 21 heavy (non-hydrogen) atoms. The molecule has 2 aromatic rings. The molecule has 0 saturated carbocycles. The van der Waals surface area contributed by atoms with Crippen molar-refractivity contribution < 1.29 is 19.1 Å². The number of carboxylic acids is 1. The summed E-state index contributed by atoms with van der Waals surface area (Å²) in [6.45, 7) is 0. The summed E-state index contributed by atoms with van der Waals surface area (Å²) in [5.41, 5.74) is 0.676. The highest BCUT2D eigenvalue weighted by Crippen LogP contribution is 2.15. The number of carbonyl (C=O) groups is 2. The molecule has 0 saturated heterocycles. The Morgan fingerprint density at radius 1 is 1.29 bits per heavy atom. The first-order valence-corrected chi connectivity index (χ1v) is 6.63. The zero-order valence-corrected chi connectivity index (χ0v) is 11.4. The molecular formula is C13H10FN3O3S. The van der Waals surface area contributed by atoms with E-state index < -0.39 is 11.9 Å². The van der Waals surface area contributed by atoms with Gasteiger partial charge in [0.1, 0.15) is 10.8 Å². The van der Waals surface area contributed by atoms with Crippen LogP contribution in [0.25, 0.3) is 6.08 Å². The molecule has 0 spiro atoms. The number of halogens is 1. The smallest absolute Gasteiger partial charge is 0.310 e. The fraction of sp³-hybridized carbons (Fsp3) is 0.0769. The number of carboxylic acid groups (broad SMARTS) is 1. The summed E-state index contributed by atoms with van der Waals surface area (Å²) in [5, 5.41) is 18.9. The van der Waals surface area contributed by atoms with Crippen molar-refractivity contribution in [2.45, 2.75) is 6.42 Å². The highest BCUT2D eigenvalue weighted by molar-refractivity contribution is 7.15. The van der Waals surface area contributed by atoms with Gasteiger partial charge < -0.3 is 5.11 Å². The Morgan fingerprint density at radius 2 is 2.00 bits per heavy atom. The minimum absolute atomic E-state index is 0.222. The van der Waals surface area contributed by atoms with Crippen molar-refractivity contribution in [2.75, 3.05) is 5.32 Å². The third kappa shape index (κ3) is 4.77. The Balaban J connectivity index is 1.93. The molecule has 0 radical (unpaired) electrons. The Hall–Kier alpha value is -2.61. The lowest BCUT2D eigenvalue weighted by Gasteiger charge is -1.95. The second-order valence-electron chi connectivity index (χ2n) is 3.95. The third-order valence-corrected chi connectivity index (χ3v) is 3.14. The molecule has 0 aliphatic carbocycles. The summed E-state index contributed by atoms with van der Waals surface area (Å²) in [7, 11) is 0. The Kier molecular flexibility index (Phi) is 4.72. The molecule has 1 aromatic heterocycles. The molecule has 0 atom stereocenters. The first-order chi connectivity index (χ1) is 10.0. The number of nitrogens with zero attached hydrogens (tertiary/aromatic N) is 2. The number of nitrogens with one attached hydrogen (secondary N) is 1. The van der Waals surface area contributed by atoms with Gasteiger partial charge in [0.25, 0.3) is 0 Å². The predicted octanol–water partition coefficient (Wildman–Crippen LogP) is 1.96. The second kappa shape index (κ2) is 6.71. The first-order valence-electron chi connectivity index (χ1n) is 5.82. The van der Waals surface area contributed by atoms with Gasteiger partial charge in [-0.15, -0.1) is 10.2 Å². The number of benzene rings is 1. The van der Waals surface area contributed by atoms with Gasteiger partial charge >= 0.3 is 5.97 Å². The molecule has 1 aromatic carbocycles. The van der Waals surface area contributed by atoms with Gasteiger partial charge in [-0.05, 0) is 23.8 Å². The molecule has 108 valence electrons. The highest BCUT2D eigenvalue weighted by Gasteiger charge is 2.09. The van der Waals surface area contributed by atoms with Gasteiger partial charge in [-0.25, -0.2) is 4.39 Å². The molecule has 0 unspecified atom stereocenters. The second-order valence-corrected chi connectivity index (χ2v) is 5.01. The molecule has 2 rings (SSSR count). The summed E-state index contributed by atoms with van der Waals surface area (Å²) in [6.07, 6.45) is 2.55. The number of rotatable bonds is 5. The minimum Gasteiger partial charge on any atom is -0.481 e. The van der Waals surface area contributed by atoms with Crippen LogP contribution < -0.4 is 5.32 Å². The summed E-state index contributed by atoms with van der Waals surface area (Å²) in [6, 6.07) is 5.66. The molecule has 0 bridgehead atoms. The Bertz CT molecular complexity index is 682. The van der Waals surface area contributed by atoms with Gasteiger partial charge in [-0.3, -0.25) is 14.9 Å². The number of amides is 1. The fourth-order valence-corrected chi connectivity index (χ4v) is 2.13. The largest absolute Gasteiger partial charge is 0.481 e. The van der Waals surface area contributed by atoms with E-state index in [-0.39, 0.29) is 17.4 Å². The van der Waals surface area contributed by atoms with Crippen LogP contribution in [0.2, 0.25) is 0 Å². The van der Waals surface area contributed by atoms with Crippen LogP contribution in [0.4, 0.5) is 9.52 Å². The maximum atomic E-state index is 12.7. The fourth-order valence-electron chi connectivity index (χ4n) is 1.40.